The van der Waals surface area contributed by atoms with Crippen LogP contribution in [0.1, 0.15) is 0 Å². The highest BCUT2D eigenvalue weighted by molar-refractivity contribution is 7.47. The summed E-state index contributed by atoms with van der Waals surface area (Å²) in [5.41, 5.74) is 0. The van der Waals surface area contributed by atoms with E-state index in [0.29, 0.717) is 0 Å². The summed E-state index contributed by atoms with van der Waals surface area (Å²) in [4.78, 5) is 18.8. The molecule has 17 heavy (non-hydrogen) atoms. The lowest BCUT2D eigenvalue weighted by Crippen LogP contribution is -2.22. The zero-order chi connectivity index (χ0) is 13.3. The quantitative estimate of drug-likeness (QED) is 0.263. The Morgan fingerprint density at radius 2 is 1.65 bits per heavy atom. The van der Waals surface area contributed by atoms with Crippen molar-refractivity contribution >= 4 is 14.3 Å². The third-order valence-electron chi connectivity index (χ3n) is 1.43. The Hall–Kier alpha value is -0.540. The van der Waals surface area contributed by atoms with Crippen molar-refractivity contribution < 1.29 is 43.4 Å². The molecule has 0 spiro atoms. The average molecular weight is 274 g/mol. The van der Waals surface area contributed by atoms with Gasteiger partial charge in [0.1, 0.15) is 18.8 Å². The van der Waals surface area contributed by atoms with Gasteiger partial charge in [0.15, 0.2) is 0 Å². The van der Waals surface area contributed by atoms with Crippen molar-refractivity contribution in [1.29, 1.82) is 0 Å². The standard InChI is InChI=1S/C7H15O9P/c8-1-6(10)3-15-17(12,13)16-4-7(11)2-14-5-9/h5-8,10-11H,1-4H2,(H,12,13)/t6-,7-/m0/s1. The molecule has 0 aromatic heterocycles. The number of carbonyl (C=O) groups is 1. The fourth-order valence-electron chi connectivity index (χ4n) is 0.649. The first-order valence-electron chi connectivity index (χ1n) is 4.55. The van der Waals surface area contributed by atoms with Gasteiger partial charge >= 0.3 is 7.82 Å². The van der Waals surface area contributed by atoms with E-state index < -0.39 is 39.9 Å². The van der Waals surface area contributed by atoms with E-state index in [9.17, 15) is 9.36 Å². The molecule has 0 saturated heterocycles. The highest BCUT2D eigenvalue weighted by Crippen LogP contribution is 2.43. The first-order chi connectivity index (χ1) is 7.91. The van der Waals surface area contributed by atoms with Crippen molar-refractivity contribution in [3.8, 4) is 0 Å². The molecule has 0 aromatic carbocycles. The van der Waals surface area contributed by atoms with E-state index in [4.69, 9.17) is 20.2 Å². The molecule has 3 atom stereocenters. The molecule has 0 saturated carbocycles. The van der Waals surface area contributed by atoms with Gasteiger partial charge in [0.2, 0.25) is 0 Å². The molecule has 0 amide bonds. The third kappa shape index (κ3) is 9.19. The number of carbonyl (C=O) groups excluding carboxylic acids is 1. The lowest BCUT2D eigenvalue weighted by molar-refractivity contribution is -0.132. The van der Waals surface area contributed by atoms with E-state index in [1.165, 1.54) is 0 Å². The predicted octanol–water partition coefficient (Wildman–Crippen LogP) is -1.99. The molecule has 0 aliphatic heterocycles. The smallest absolute Gasteiger partial charge is 0.465 e. The molecular formula is C7H15O9P. The Kier molecular flexibility index (Phi) is 8.26. The van der Waals surface area contributed by atoms with Gasteiger partial charge in [0, 0.05) is 0 Å². The Balaban J connectivity index is 3.84. The maximum atomic E-state index is 11.1. The van der Waals surface area contributed by atoms with Gasteiger partial charge in [0.25, 0.3) is 6.47 Å². The summed E-state index contributed by atoms with van der Waals surface area (Å²) in [6.45, 7) is -2.09. The van der Waals surface area contributed by atoms with E-state index in [2.05, 4.69) is 13.8 Å². The normalized spacial score (nSPS) is 18.1. The molecule has 102 valence electrons. The van der Waals surface area contributed by atoms with Crippen LogP contribution >= 0.6 is 7.82 Å². The number of aliphatic hydroxyl groups excluding tert-OH is 3. The van der Waals surface area contributed by atoms with Crippen LogP contribution < -0.4 is 0 Å². The largest absolute Gasteiger partial charge is 0.472 e. The van der Waals surface area contributed by atoms with Crippen LogP contribution in [0.2, 0.25) is 0 Å². The first-order valence-corrected chi connectivity index (χ1v) is 6.05. The van der Waals surface area contributed by atoms with Crippen LogP contribution in [-0.4, -0.2) is 65.3 Å². The van der Waals surface area contributed by atoms with Gasteiger partial charge in [-0.15, -0.1) is 0 Å². The molecule has 0 aliphatic rings. The highest BCUT2D eigenvalue weighted by atomic mass is 31.2. The number of ether oxygens (including phenoxy) is 1. The number of aliphatic hydroxyl groups is 3. The molecule has 1 unspecified atom stereocenters. The first kappa shape index (κ1) is 16.5. The average Bonchev–Trinajstić information content (AvgIpc) is 2.31. The zero-order valence-corrected chi connectivity index (χ0v) is 9.73. The van der Waals surface area contributed by atoms with Crippen LogP contribution in [0, 0.1) is 0 Å². The number of phosphoric ester groups is 1. The summed E-state index contributed by atoms with van der Waals surface area (Å²) in [6.07, 6.45) is -2.57. The summed E-state index contributed by atoms with van der Waals surface area (Å²) in [7, 11) is -4.42. The van der Waals surface area contributed by atoms with Crippen LogP contribution in [0.25, 0.3) is 0 Å². The molecule has 10 heteroatoms. The Labute approximate surface area is 97.2 Å². The van der Waals surface area contributed by atoms with E-state index in [1.807, 2.05) is 0 Å². The topological polar surface area (TPSA) is 143 Å². The lowest BCUT2D eigenvalue weighted by Gasteiger charge is -2.15. The molecule has 4 N–H and O–H groups in total. The third-order valence-corrected chi connectivity index (χ3v) is 2.38. The number of phosphoric acid groups is 1. The van der Waals surface area contributed by atoms with E-state index in [-0.39, 0.29) is 13.1 Å². The van der Waals surface area contributed by atoms with Gasteiger partial charge in [-0.2, -0.15) is 0 Å². The van der Waals surface area contributed by atoms with Gasteiger partial charge in [-0.05, 0) is 0 Å². The minimum absolute atomic E-state index is 0.107. The Morgan fingerprint density at radius 3 is 2.12 bits per heavy atom. The molecule has 0 aliphatic carbocycles. The molecule has 0 heterocycles. The van der Waals surface area contributed by atoms with E-state index in [0.717, 1.165) is 0 Å². The van der Waals surface area contributed by atoms with Crippen molar-refractivity contribution in [2.45, 2.75) is 12.2 Å². The second-order valence-electron chi connectivity index (χ2n) is 2.98. The highest BCUT2D eigenvalue weighted by Gasteiger charge is 2.24. The Morgan fingerprint density at radius 1 is 1.12 bits per heavy atom. The van der Waals surface area contributed by atoms with Crippen molar-refractivity contribution in [1.82, 2.24) is 0 Å². The molecule has 0 aromatic rings. The van der Waals surface area contributed by atoms with Gasteiger partial charge in [-0.25, -0.2) is 4.57 Å². The van der Waals surface area contributed by atoms with Crippen molar-refractivity contribution in [3.63, 3.8) is 0 Å². The van der Waals surface area contributed by atoms with Gasteiger partial charge in [0.05, 0.1) is 19.8 Å². The minimum Gasteiger partial charge on any atom is -0.465 e. The van der Waals surface area contributed by atoms with Crippen molar-refractivity contribution in [3.05, 3.63) is 0 Å². The molecule has 9 nitrogen and oxygen atoms in total. The zero-order valence-electron chi connectivity index (χ0n) is 8.84. The maximum Gasteiger partial charge on any atom is 0.472 e. The monoisotopic (exact) mass is 274 g/mol. The SMILES string of the molecule is O=COC[C@H](O)COP(=O)(O)OC[C@@H](O)CO. The second kappa shape index (κ2) is 8.54. The Bertz CT molecular complexity index is 258. The summed E-state index contributed by atoms with van der Waals surface area (Å²) in [5, 5.41) is 26.3. The summed E-state index contributed by atoms with van der Waals surface area (Å²) in [6, 6.07) is 0. The summed E-state index contributed by atoms with van der Waals surface area (Å²) < 4.78 is 23.9. The summed E-state index contributed by atoms with van der Waals surface area (Å²) in [5.74, 6) is 0. The second-order valence-corrected chi connectivity index (χ2v) is 4.43. The molecule has 0 rings (SSSR count). The lowest BCUT2D eigenvalue weighted by atomic mass is 10.4. The van der Waals surface area contributed by atoms with E-state index in [1.54, 1.807) is 0 Å². The van der Waals surface area contributed by atoms with Crippen LogP contribution in [0.15, 0.2) is 0 Å². The van der Waals surface area contributed by atoms with E-state index >= 15 is 0 Å². The fourth-order valence-corrected chi connectivity index (χ4v) is 1.44. The molecule has 0 bridgehead atoms. The summed E-state index contributed by atoms with van der Waals surface area (Å²) >= 11 is 0. The van der Waals surface area contributed by atoms with Crippen LogP contribution in [0.3, 0.4) is 0 Å². The number of hydrogen-bond acceptors (Lipinski definition) is 8. The minimum atomic E-state index is -4.42. The van der Waals surface area contributed by atoms with Crippen molar-refractivity contribution in [2.75, 3.05) is 26.4 Å². The van der Waals surface area contributed by atoms with Gasteiger partial charge in [-0.3, -0.25) is 13.8 Å². The van der Waals surface area contributed by atoms with Crippen molar-refractivity contribution in [2.24, 2.45) is 0 Å². The number of rotatable bonds is 10. The fraction of sp³-hybridized carbons (Fsp3) is 0.857. The molecule has 0 fully saturated rings. The van der Waals surface area contributed by atoms with Crippen LogP contribution in [0.4, 0.5) is 0 Å². The molecule has 0 radical (unpaired) electrons. The van der Waals surface area contributed by atoms with Gasteiger partial charge in [-0.1, -0.05) is 0 Å². The maximum absolute atomic E-state index is 11.1. The van der Waals surface area contributed by atoms with Gasteiger partial charge < -0.3 is 24.9 Å². The number of hydrogen-bond donors (Lipinski definition) is 4. The van der Waals surface area contributed by atoms with Crippen LogP contribution in [-0.2, 0) is 23.1 Å². The molecular weight excluding hydrogens is 259 g/mol. The van der Waals surface area contributed by atoms with Crippen LogP contribution in [0.5, 0.6) is 0 Å². The predicted molar refractivity (Wildman–Crippen MR) is 52.8 cm³/mol.